The van der Waals surface area contributed by atoms with Gasteiger partial charge in [0.15, 0.2) is 22.5 Å². The molecule has 2 aromatic heterocycles. The van der Waals surface area contributed by atoms with Gasteiger partial charge in [0.1, 0.15) is 0 Å². The normalized spacial score (nSPS) is 11.0. The Morgan fingerprint density at radius 3 is 2.65 bits per heavy atom. The lowest BCUT2D eigenvalue weighted by atomic mass is 10.2. The van der Waals surface area contributed by atoms with Gasteiger partial charge in [-0.15, -0.1) is 10.2 Å². The third-order valence-corrected chi connectivity index (χ3v) is 5.73. The first-order chi connectivity index (χ1) is 16.5. The van der Waals surface area contributed by atoms with Gasteiger partial charge in [-0.2, -0.15) is 5.10 Å². The summed E-state index contributed by atoms with van der Waals surface area (Å²) in [4.78, 5) is 16.4. The van der Waals surface area contributed by atoms with E-state index in [-0.39, 0.29) is 17.4 Å². The quantitative estimate of drug-likeness (QED) is 0.228. The molecule has 4 aromatic rings. The van der Waals surface area contributed by atoms with Crippen molar-refractivity contribution in [1.29, 1.82) is 0 Å². The summed E-state index contributed by atoms with van der Waals surface area (Å²) in [5.74, 6) is 0.816. The van der Waals surface area contributed by atoms with E-state index in [2.05, 4.69) is 25.7 Å². The van der Waals surface area contributed by atoms with Crippen LogP contribution in [0.1, 0.15) is 11.1 Å². The van der Waals surface area contributed by atoms with Gasteiger partial charge in [-0.05, 0) is 55.0 Å². The Morgan fingerprint density at radius 2 is 1.91 bits per heavy atom. The average molecular weight is 475 g/mol. The number of rotatable bonds is 8. The van der Waals surface area contributed by atoms with Gasteiger partial charge in [0.05, 0.1) is 19.1 Å². The number of nitrogens with zero attached hydrogens (tertiary/aromatic N) is 5. The smallest absolute Gasteiger partial charge is 0.250 e. The molecule has 34 heavy (non-hydrogen) atoms. The van der Waals surface area contributed by atoms with Gasteiger partial charge in [0.25, 0.3) is 5.91 Å². The van der Waals surface area contributed by atoms with Crippen LogP contribution in [0.4, 0.5) is 0 Å². The molecule has 0 saturated carbocycles. The molecule has 2 heterocycles. The highest BCUT2D eigenvalue weighted by atomic mass is 32.2. The third-order valence-electron chi connectivity index (χ3n) is 4.80. The summed E-state index contributed by atoms with van der Waals surface area (Å²) in [6.45, 7) is 2.02. The van der Waals surface area contributed by atoms with Gasteiger partial charge in [-0.25, -0.2) is 5.43 Å². The van der Waals surface area contributed by atoms with Gasteiger partial charge < -0.3 is 9.84 Å². The molecule has 1 amide bonds. The van der Waals surface area contributed by atoms with Crippen LogP contribution in [-0.2, 0) is 4.79 Å². The monoisotopic (exact) mass is 474 g/mol. The number of amides is 1. The van der Waals surface area contributed by atoms with Crippen LogP contribution >= 0.6 is 11.8 Å². The third kappa shape index (κ3) is 5.41. The molecule has 0 spiro atoms. The second kappa shape index (κ2) is 10.6. The topological polar surface area (TPSA) is 115 Å². The van der Waals surface area contributed by atoms with Crippen molar-refractivity contribution >= 4 is 23.9 Å². The largest absolute Gasteiger partial charge is 0.504 e. The minimum Gasteiger partial charge on any atom is -0.504 e. The Balaban J connectivity index is 1.48. The molecular weight excluding hydrogens is 452 g/mol. The molecule has 0 bridgehead atoms. The van der Waals surface area contributed by atoms with Crippen LogP contribution in [0.3, 0.4) is 0 Å². The summed E-state index contributed by atoms with van der Waals surface area (Å²) in [6, 6.07) is 16.5. The molecule has 0 saturated heterocycles. The Labute approximate surface area is 200 Å². The maximum absolute atomic E-state index is 12.4. The van der Waals surface area contributed by atoms with E-state index >= 15 is 0 Å². The number of phenolic OH excluding ortho intramolecular Hbond substituents is 1. The first-order valence-corrected chi connectivity index (χ1v) is 11.3. The molecule has 0 aliphatic rings. The summed E-state index contributed by atoms with van der Waals surface area (Å²) in [6.07, 6.45) is 4.87. The number of hydrogen-bond acceptors (Lipinski definition) is 8. The fraction of sp³-hybridized carbons (Fsp3) is 0.125. The number of carbonyl (C=O) groups excluding carboxylic acids is 1. The first-order valence-electron chi connectivity index (χ1n) is 10.3. The SMILES string of the molecule is COc1cc(C=NNC(=O)CSc2nnc(-c3ccncc3)n2-c2ccc(C)cc2)ccc1O. The molecule has 9 nitrogen and oxygen atoms in total. The lowest BCUT2D eigenvalue weighted by Gasteiger charge is -2.10. The number of benzene rings is 2. The van der Waals surface area contributed by atoms with Crippen LogP contribution in [0.2, 0.25) is 0 Å². The van der Waals surface area contributed by atoms with Crippen LogP contribution in [0.25, 0.3) is 17.1 Å². The van der Waals surface area contributed by atoms with E-state index in [4.69, 9.17) is 4.74 Å². The summed E-state index contributed by atoms with van der Waals surface area (Å²) in [5.41, 5.74) is 6.07. The van der Waals surface area contributed by atoms with Crippen molar-refractivity contribution in [1.82, 2.24) is 25.2 Å². The first kappa shape index (κ1) is 23.0. The second-order valence-electron chi connectivity index (χ2n) is 7.23. The minimum atomic E-state index is -0.295. The van der Waals surface area contributed by atoms with Crippen molar-refractivity contribution in [3.05, 3.63) is 78.1 Å². The molecule has 10 heteroatoms. The molecule has 172 valence electrons. The minimum absolute atomic E-state index is 0.0314. The zero-order chi connectivity index (χ0) is 23.9. The van der Waals surface area contributed by atoms with Crippen molar-refractivity contribution < 1.29 is 14.6 Å². The highest BCUT2D eigenvalue weighted by molar-refractivity contribution is 7.99. The van der Waals surface area contributed by atoms with E-state index < -0.39 is 0 Å². The van der Waals surface area contributed by atoms with Gasteiger partial charge in [0.2, 0.25) is 0 Å². The number of ether oxygens (including phenoxy) is 1. The summed E-state index contributed by atoms with van der Waals surface area (Å²) in [7, 11) is 1.46. The van der Waals surface area contributed by atoms with Crippen molar-refractivity contribution in [3.63, 3.8) is 0 Å². The molecular formula is C24H22N6O3S. The van der Waals surface area contributed by atoms with Crippen molar-refractivity contribution in [2.75, 3.05) is 12.9 Å². The number of aromatic nitrogens is 4. The number of aromatic hydroxyl groups is 1. The number of nitrogens with one attached hydrogen (secondary N) is 1. The maximum atomic E-state index is 12.4. The summed E-state index contributed by atoms with van der Waals surface area (Å²) >= 11 is 1.26. The summed E-state index contributed by atoms with van der Waals surface area (Å²) < 4.78 is 6.98. The summed E-state index contributed by atoms with van der Waals surface area (Å²) in [5, 5.41) is 22.9. The van der Waals surface area contributed by atoms with Crippen molar-refractivity contribution in [3.8, 4) is 28.6 Å². The number of pyridine rings is 1. The number of methoxy groups -OCH3 is 1. The molecule has 4 rings (SSSR count). The predicted molar refractivity (Wildman–Crippen MR) is 130 cm³/mol. The highest BCUT2D eigenvalue weighted by Crippen LogP contribution is 2.28. The molecule has 2 N–H and O–H groups in total. The van der Waals surface area contributed by atoms with E-state index in [9.17, 15) is 9.90 Å². The lowest BCUT2D eigenvalue weighted by Crippen LogP contribution is -2.20. The predicted octanol–water partition coefficient (Wildman–Crippen LogP) is 3.59. The van der Waals surface area contributed by atoms with E-state index in [0.717, 1.165) is 16.8 Å². The maximum Gasteiger partial charge on any atom is 0.250 e. The van der Waals surface area contributed by atoms with Crippen molar-refractivity contribution in [2.24, 2.45) is 5.10 Å². The van der Waals surface area contributed by atoms with Crippen LogP contribution in [-0.4, -0.2) is 49.8 Å². The number of thioether (sulfide) groups is 1. The number of hydrogen-bond donors (Lipinski definition) is 2. The fourth-order valence-corrected chi connectivity index (χ4v) is 3.84. The molecule has 0 aliphatic carbocycles. The molecule has 0 fully saturated rings. The van der Waals surface area contributed by atoms with Crippen LogP contribution < -0.4 is 10.2 Å². The Kier molecular flexibility index (Phi) is 7.19. The standard InChI is InChI=1S/C24H22N6O3S/c1-16-3-6-19(7-4-16)30-23(18-9-11-25-12-10-18)28-29-24(30)34-15-22(32)27-26-14-17-5-8-20(31)21(13-17)33-2/h3-14,31H,15H2,1-2H3,(H,27,32). The van der Waals surface area contributed by atoms with Crippen molar-refractivity contribution in [2.45, 2.75) is 12.1 Å². The van der Waals surface area contributed by atoms with Gasteiger partial charge in [-0.1, -0.05) is 29.5 Å². The Bertz CT molecular complexity index is 1310. The average Bonchev–Trinajstić information content (AvgIpc) is 3.29. The zero-order valence-corrected chi connectivity index (χ0v) is 19.4. The second-order valence-corrected chi connectivity index (χ2v) is 8.17. The number of phenols is 1. The van der Waals surface area contributed by atoms with Crippen LogP contribution in [0.15, 0.2) is 77.2 Å². The molecule has 0 radical (unpaired) electrons. The van der Waals surface area contributed by atoms with Gasteiger partial charge in [-0.3, -0.25) is 14.3 Å². The van der Waals surface area contributed by atoms with Crippen LogP contribution in [0.5, 0.6) is 11.5 Å². The zero-order valence-electron chi connectivity index (χ0n) is 18.5. The van der Waals surface area contributed by atoms with E-state index in [1.807, 2.05) is 47.9 Å². The van der Waals surface area contributed by atoms with E-state index in [0.29, 0.717) is 22.3 Å². The molecule has 0 aliphatic heterocycles. The van der Waals surface area contributed by atoms with Gasteiger partial charge in [0, 0.05) is 23.6 Å². The van der Waals surface area contributed by atoms with E-state index in [1.165, 1.54) is 31.2 Å². The molecule has 0 atom stereocenters. The Morgan fingerprint density at radius 1 is 1.15 bits per heavy atom. The number of carbonyl (C=O) groups is 1. The lowest BCUT2D eigenvalue weighted by molar-refractivity contribution is -0.118. The van der Waals surface area contributed by atoms with Gasteiger partial charge >= 0.3 is 0 Å². The fourth-order valence-electron chi connectivity index (χ4n) is 3.09. The Hall–Kier alpha value is -4.18. The van der Waals surface area contributed by atoms with E-state index in [1.54, 1.807) is 24.5 Å². The number of hydrazone groups is 1. The van der Waals surface area contributed by atoms with Crippen LogP contribution in [0, 0.1) is 6.92 Å². The number of aryl methyl sites for hydroxylation is 1. The molecule has 0 unspecified atom stereocenters. The molecule has 2 aromatic carbocycles. The highest BCUT2D eigenvalue weighted by Gasteiger charge is 2.17.